The zero-order valence-electron chi connectivity index (χ0n) is 13.3. The summed E-state index contributed by atoms with van der Waals surface area (Å²) in [6.45, 7) is 6.96. The number of nitrogens with zero attached hydrogens (tertiary/aromatic N) is 3. The van der Waals surface area contributed by atoms with E-state index in [1.165, 1.54) is 0 Å². The molecule has 1 unspecified atom stereocenters. The van der Waals surface area contributed by atoms with Crippen molar-refractivity contribution in [3.05, 3.63) is 23.9 Å². The highest BCUT2D eigenvalue weighted by Crippen LogP contribution is 2.23. The zero-order valence-corrected chi connectivity index (χ0v) is 13.3. The van der Waals surface area contributed by atoms with E-state index in [0.717, 1.165) is 32.5 Å². The topological polar surface area (TPSA) is 79.5 Å². The van der Waals surface area contributed by atoms with Crippen LogP contribution in [0.5, 0.6) is 0 Å². The molecule has 0 saturated carbocycles. The fraction of sp³-hybridized carbons (Fsp3) is 0.562. The van der Waals surface area contributed by atoms with Crippen LogP contribution in [0, 0.1) is 5.92 Å². The maximum Gasteiger partial charge on any atom is 0.267 e. The number of rotatable bonds is 5. The molecule has 1 aliphatic heterocycles. The van der Waals surface area contributed by atoms with Gasteiger partial charge in [0.25, 0.3) is 5.91 Å². The molecule has 0 aliphatic carbocycles. The van der Waals surface area contributed by atoms with Crippen LogP contribution >= 0.6 is 0 Å². The molecule has 120 valence electrons. The third kappa shape index (κ3) is 3.55. The summed E-state index contributed by atoms with van der Waals surface area (Å²) in [6, 6.07) is 5.24. The highest BCUT2D eigenvalue weighted by molar-refractivity contribution is 5.91. The molecule has 0 bridgehead atoms. The SMILES string of the molecule is CCN(CC)C(=O)C1CCCN(c2cccc(C(N)=O)n2)C1. The van der Waals surface area contributed by atoms with Crippen molar-refractivity contribution in [2.45, 2.75) is 26.7 Å². The summed E-state index contributed by atoms with van der Waals surface area (Å²) in [5, 5.41) is 0. The Morgan fingerprint density at radius 2 is 2.09 bits per heavy atom. The van der Waals surface area contributed by atoms with Crippen molar-refractivity contribution < 1.29 is 9.59 Å². The van der Waals surface area contributed by atoms with Gasteiger partial charge in [-0.15, -0.1) is 0 Å². The summed E-state index contributed by atoms with van der Waals surface area (Å²) in [4.78, 5) is 32.0. The van der Waals surface area contributed by atoms with Gasteiger partial charge in [-0.1, -0.05) is 6.07 Å². The number of primary amides is 1. The number of hydrogen-bond donors (Lipinski definition) is 1. The Kier molecular flexibility index (Phi) is 5.35. The molecule has 22 heavy (non-hydrogen) atoms. The van der Waals surface area contributed by atoms with Gasteiger partial charge in [-0.25, -0.2) is 4.98 Å². The molecule has 2 rings (SSSR count). The van der Waals surface area contributed by atoms with E-state index in [1.54, 1.807) is 12.1 Å². The average molecular weight is 304 g/mol. The van der Waals surface area contributed by atoms with Gasteiger partial charge in [-0.05, 0) is 38.8 Å². The second kappa shape index (κ2) is 7.24. The number of amides is 2. The molecule has 6 heteroatoms. The van der Waals surface area contributed by atoms with Crippen LogP contribution in [0.4, 0.5) is 5.82 Å². The second-order valence-electron chi connectivity index (χ2n) is 5.54. The lowest BCUT2D eigenvalue weighted by Gasteiger charge is -2.35. The lowest BCUT2D eigenvalue weighted by Crippen LogP contribution is -2.45. The Hall–Kier alpha value is -2.11. The van der Waals surface area contributed by atoms with E-state index >= 15 is 0 Å². The third-order valence-electron chi connectivity index (χ3n) is 4.16. The summed E-state index contributed by atoms with van der Waals surface area (Å²) in [7, 11) is 0. The van der Waals surface area contributed by atoms with E-state index in [4.69, 9.17) is 5.73 Å². The predicted octanol–water partition coefficient (Wildman–Crippen LogP) is 1.27. The standard InChI is InChI=1S/C16H24N4O2/c1-3-19(4-2)16(22)12-7-6-10-20(11-12)14-9-5-8-13(18-14)15(17)21/h5,8-9,12H,3-4,6-7,10-11H2,1-2H3,(H2,17,21). The highest BCUT2D eigenvalue weighted by Gasteiger charge is 2.29. The fourth-order valence-electron chi connectivity index (χ4n) is 2.92. The predicted molar refractivity (Wildman–Crippen MR) is 85.6 cm³/mol. The van der Waals surface area contributed by atoms with Crippen molar-refractivity contribution in [1.82, 2.24) is 9.88 Å². The number of hydrogen-bond acceptors (Lipinski definition) is 4. The van der Waals surface area contributed by atoms with Crippen LogP contribution in [-0.2, 0) is 4.79 Å². The van der Waals surface area contributed by atoms with Crippen LogP contribution in [0.25, 0.3) is 0 Å². The summed E-state index contributed by atoms with van der Waals surface area (Å²) in [6.07, 6.45) is 1.85. The van der Waals surface area contributed by atoms with Gasteiger partial charge < -0.3 is 15.5 Å². The van der Waals surface area contributed by atoms with Gasteiger partial charge >= 0.3 is 0 Å². The second-order valence-corrected chi connectivity index (χ2v) is 5.54. The number of carbonyl (C=O) groups excluding carboxylic acids is 2. The smallest absolute Gasteiger partial charge is 0.267 e. The molecule has 1 saturated heterocycles. The van der Waals surface area contributed by atoms with Crippen LogP contribution in [0.3, 0.4) is 0 Å². The number of aromatic nitrogens is 1. The van der Waals surface area contributed by atoms with Crippen molar-refractivity contribution in [1.29, 1.82) is 0 Å². The molecule has 0 radical (unpaired) electrons. The maximum absolute atomic E-state index is 12.5. The van der Waals surface area contributed by atoms with E-state index in [-0.39, 0.29) is 17.5 Å². The summed E-state index contributed by atoms with van der Waals surface area (Å²) in [5.41, 5.74) is 5.54. The zero-order chi connectivity index (χ0) is 16.1. The van der Waals surface area contributed by atoms with E-state index < -0.39 is 5.91 Å². The van der Waals surface area contributed by atoms with Crippen molar-refractivity contribution in [2.24, 2.45) is 11.7 Å². The molecule has 0 aromatic carbocycles. The Morgan fingerprint density at radius 3 is 2.73 bits per heavy atom. The normalized spacial score (nSPS) is 18.1. The van der Waals surface area contributed by atoms with E-state index in [2.05, 4.69) is 9.88 Å². The quantitative estimate of drug-likeness (QED) is 0.888. The Balaban J connectivity index is 2.12. The molecule has 1 atom stereocenters. The van der Waals surface area contributed by atoms with E-state index in [0.29, 0.717) is 12.4 Å². The molecule has 2 amide bonds. The molecule has 2 N–H and O–H groups in total. The molecule has 1 fully saturated rings. The van der Waals surface area contributed by atoms with Gasteiger partial charge in [0.1, 0.15) is 11.5 Å². The number of piperidine rings is 1. The molecule has 2 heterocycles. The molecule has 1 aromatic heterocycles. The minimum atomic E-state index is -0.533. The first-order valence-electron chi connectivity index (χ1n) is 7.87. The van der Waals surface area contributed by atoms with Crippen LogP contribution in [0.2, 0.25) is 0 Å². The first-order valence-corrected chi connectivity index (χ1v) is 7.87. The molecule has 0 spiro atoms. The van der Waals surface area contributed by atoms with Crippen molar-refractivity contribution >= 4 is 17.6 Å². The molecule has 6 nitrogen and oxygen atoms in total. The van der Waals surface area contributed by atoms with Crippen molar-refractivity contribution in [3.8, 4) is 0 Å². The van der Waals surface area contributed by atoms with Crippen molar-refractivity contribution in [2.75, 3.05) is 31.1 Å². The molecular formula is C16H24N4O2. The minimum absolute atomic E-state index is 0.00677. The fourth-order valence-corrected chi connectivity index (χ4v) is 2.92. The minimum Gasteiger partial charge on any atom is -0.364 e. The Bertz CT molecular complexity index is 543. The van der Waals surface area contributed by atoms with Gasteiger partial charge in [-0.3, -0.25) is 9.59 Å². The van der Waals surface area contributed by atoms with Crippen molar-refractivity contribution in [3.63, 3.8) is 0 Å². The third-order valence-corrected chi connectivity index (χ3v) is 4.16. The van der Waals surface area contributed by atoms with Crippen LogP contribution in [-0.4, -0.2) is 47.9 Å². The average Bonchev–Trinajstić information content (AvgIpc) is 2.56. The van der Waals surface area contributed by atoms with Crippen LogP contribution in [0.15, 0.2) is 18.2 Å². The van der Waals surface area contributed by atoms with Gasteiger partial charge in [0.2, 0.25) is 5.91 Å². The summed E-state index contributed by atoms with van der Waals surface area (Å²) >= 11 is 0. The molecular weight excluding hydrogens is 280 g/mol. The Labute approximate surface area is 131 Å². The maximum atomic E-state index is 12.5. The lowest BCUT2D eigenvalue weighted by molar-refractivity contribution is -0.135. The van der Waals surface area contributed by atoms with Crippen LogP contribution in [0.1, 0.15) is 37.2 Å². The van der Waals surface area contributed by atoms with E-state index in [1.807, 2.05) is 24.8 Å². The Morgan fingerprint density at radius 1 is 1.36 bits per heavy atom. The monoisotopic (exact) mass is 304 g/mol. The molecule has 1 aromatic rings. The summed E-state index contributed by atoms with van der Waals surface area (Å²) in [5.74, 6) is 0.386. The van der Waals surface area contributed by atoms with E-state index in [9.17, 15) is 9.59 Å². The summed E-state index contributed by atoms with van der Waals surface area (Å²) < 4.78 is 0. The largest absolute Gasteiger partial charge is 0.364 e. The number of anilines is 1. The van der Waals surface area contributed by atoms with Gasteiger partial charge in [0.05, 0.1) is 5.92 Å². The van der Waals surface area contributed by atoms with Crippen LogP contribution < -0.4 is 10.6 Å². The molecule has 1 aliphatic rings. The number of nitrogens with two attached hydrogens (primary N) is 1. The van der Waals surface area contributed by atoms with Gasteiger partial charge in [0.15, 0.2) is 0 Å². The first kappa shape index (κ1) is 16.3. The van der Waals surface area contributed by atoms with Gasteiger partial charge in [-0.2, -0.15) is 0 Å². The lowest BCUT2D eigenvalue weighted by atomic mass is 9.96. The number of pyridine rings is 1. The first-order chi connectivity index (χ1) is 10.6. The highest BCUT2D eigenvalue weighted by atomic mass is 16.2. The van der Waals surface area contributed by atoms with Gasteiger partial charge in [0, 0.05) is 26.2 Å². The number of carbonyl (C=O) groups is 2.